The van der Waals surface area contributed by atoms with Crippen molar-refractivity contribution in [3.8, 4) is 0 Å². The molecule has 1 aromatic rings. The monoisotopic (exact) mass is 334 g/mol. The van der Waals surface area contributed by atoms with Crippen LogP contribution >= 0.6 is 28.3 Å². The van der Waals surface area contributed by atoms with Gasteiger partial charge in [0.2, 0.25) is 5.91 Å². The summed E-state index contributed by atoms with van der Waals surface area (Å²) in [5, 5.41) is 0. The molecule has 1 rings (SSSR count). The minimum atomic E-state index is -0.428. The number of likely N-dealkylation sites (N-methyl/N-ethyl adjacent to an activating group) is 1. The van der Waals surface area contributed by atoms with Gasteiger partial charge in [0, 0.05) is 18.1 Å². The molecule has 1 aromatic carbocycles. The first-order valence-electron chi connectivity index (χ1n) is 5.67. The molecule has 0 radical (unpaired) electrons. The Hall–Kier alpha value is -0.580. The maximum atomic E-state index is 12.0. The van der Waals surface area contributed by atoms with Gasteiger partial charge in [-0.25, -0.2) is 0 Å². The molecule has 1 atom stereocenters. The minimum Gasteiger partial charge on any atom is -0.340 e. The third-order valence-corrected chi connectivity index (χ3v) is 3.52. The van der Waals surface area contributed by atoms with Gasteiger partial charge in [-0.1, -0.05) is 48.0 Å². The zero-order chi connectivity index (χ0) is 13.0. The lowest BCUT2D eigenvalue weighted by Gasteiger charge is -2.23. The van der Waals surface area contributed by atoms with Crippen LogP contribution in [0.25, 0.3) is 0 Å². The van der Waals surface area contributed by atoms with E-state index in [4.69, 9.17) is 5.73 Å². The van der Waals surface area contributed by atoms with Gasteiger partial charge in [0.05, 0.1) is 6.04 Å². The fraction of sp³-hybridized carbons (Fsp3) is 0.462. The zero-order valence-electron chi connectivity index (χ0n) is 10.9. The fourth-order valence-corrected chi connectivity index (χ4v) is 1.91. The van der Waals surface area contributed by atoms with Crippen molar-refractivity contribution >= 4 is 34.2 Å². The van der Waals surface area contributed by atoms with E-state index >= 15 is 0 Å². The molecule has 0 spiro atoms. The number of nitrogens with zero attached hydrogens (tertiary/aromatic N) is 1. The molecule has 0 bridgehead atoms. The van der Waals surface area contributed by atoms with Gasteiger partial charge in [-0.15, -0.1) is 12.4 Å². The van der Waals surface area contributed by atoms with Crippen molar-refractivity contribution < 1.29 is 4.79 Å². The van der Waals surface area contributed by atoms with E-state index in [9.17, 15) is 4.79 Å². The molecule has 0 aromatic heterocycles. The molecule has 0 aliphatic carbocycles. The molecule has 5 heteroatoms. The summed E-state index contributed by atoms with van der Waals surface area (Å²) in [6.45, 7) is 4.48. The quantitative estimate of drug-likeness (QED) is 0.919. The molecular formula is C13H20BrClN2O. The Balaban J connectivity index is 0.00000289. The number of hydrogen-bond donors (Lipinski definition) is 1. The average Bonchev–Trinajstić information content (AvgIpc) is 2.30. The van der Waals surface area contributed by atoms with Gasteiger partial charge in [0.25, 0.3) is 0 Å². The number of benzene rings is 1. The summed E-state index contributed by atoms with van der Waals surface area (Å²) in [4.78, 5) is 13.7. The number of carbonyl (C=O) groups excluding carboxylic acids is 1. The summed E-state index contributed by atoms with van der Waals surface area (Å²) in [5.41, 5.74) is 6.93. The lowest BCUT2D eigenvalue weighted by Crippen LogP contribution is -2.44. The van der Waals surface area contributed by atoms with E-state index in [0.717, 1.165) is 10.0 Å². The predicted octanol–water partition coefficient (Wildman–Crippen LogP) is 2.81. The number of carbonyl (C=O) groups is 1. The van der Waals surface area contributed by atoms with Crippen LogP contribution in [0.5, 0.6) is 0 Å². The topological polar surface area (TPSA) is 46.3 Å². The normalized spacial score (nSPS) is 11.9. The van der Waals surface area contributed by atoms with E-state index in [0.29, 0.717) is 6.54 Å². The summed E-state index contributed by atoms with van der Waals surface area (Å²) >= 11 is 3.47. The molecule has 1 amide bonds. The van der Waals surface area contributed by atoms with Crippen molar-refractivity contribution in [2.45, 2.75) is 26.4 Å². The molecular weight excluding hydrogens is 316 g/mol. The van der Waals surface area contributed by atoms with E-state index in [2.05, 4.69) is 15.9 Å². The Labute approximate surface area is 123 Å². The lowest BCUT2D eigenvalue weighted by molar-refractivity contribution is -0.132. The van der Waals surface area contributed by atoms with Gasteiger partial charge < -0.3 is 10.6 Å². The van der Waals surface area contributed by atoms with E-state index < -0.39 is 6.04 Å². The standard InChI is InChI=1S/C13H19BrN2O.ClH/c1-9(2)12(15)13(17)16(3)8-10-6-4-5-7-11(10)14;/h4-7,9,12H,8,15H2,1-3H3;1H/t12-;/m1./s1. The van der Waals surface area contributed by atoms with Crippen molar-refractivity contribution in [3.05, 3.63) is 34.3 Å². The second kappa shape index (κ2) is 7.77. The summed E-state index contributed by atoms with van der Waals surface area (Å²) in [5.74, 6) is 0.139. The molecule has 0 aliphatic heterocycles. The van der Waals surface area contributed by atoms with Crippen LogP contribution in [-0.2, 0) is 11.3 Å². The number of nitrogens with two attached hydrogens (primary N) is 1. The van der Waals surface area contributed by atoms with E-state index in [-0.39, 0.29) is 24.2 Å². The highest BCUT2D eigenvalue weighted by molar-refractivity contribution is 9.10. The SMILES string of the molecule is CC(C)[C@@H](N)C(=O)N(C)Cc1ccccc1Br.Cl. The van der Waals surface area contributed by atoms with Crippen molar-refractivity contribution in [1.82, 2.24) is 4.90 Å². The highest BCUT2D eigenvalue weighted by Gasteiger charge is 2.21. The van der Waals surface area contributed by atoms with Crippen LogP contribution in [0.4, 0.5) is 0 Å². The number of amides is 1. The third kappa shape index (κ3) is 4.59. The van der Waals surface area contributed by atoms with Gasteiger partial charge >= 0.3 is 0 Å². The molecule has 0 unspecified atom stereocenters. The molecule has 2 N–H and O–H groups in total. The lowest BCUT2D eigenvalue weighted by atomic mass is 10.0. The first-order chi connectivity index (χ1) is 7.93. The highest BCUT2D eigenvalue weighted by Crippen LogP contribution is 2.17. The third-order valence-electron chi connectivity index (χ3n) is 2.74. The van der Waals surface area contributed by atoms with Crippen molar-refractivity contribution in [2.75, 3.05) is 7.05 Å². The Morgan fingerprint density at radius 2 is 1.94 bits per heavy atom. The summed E-state index contributed by atoms with van der Waals surface area (Å²) in [6.07, 6.45) is 0. The number of halogens is 2. The molecule has 0 saturated heterocycles. The Morgan fingerprint density at radius 1 is 1.39 bits per heavy atom. The average molecular weight is 336 g/mol. The molecule has 3 nitrogen and oxygen atoms in total. The first kappa shape index (κ1) is 17.4. The highest BCUT2D eigenvalue weighted by atomic mass is 79.9. The molecule has 0 aliphatic rings. The maximum absolute atomic E-state index is 12.0. The second-order valence-electron chi connectivity index (χ2n) is 4.56. The zero-order valence-corrected chi connectivity index (χ0v) is 13.3. The number of hydrogen-bond acceptors (Lipinski definition) is 2. The van der Waals surface area contributed by atoms with Crippen LogP contribution < -0.4 is 5.73 Å². The number of rotatable bonds is 4. The van der Waals surface area contributed by atoms with Gasteiger partial charge in [-0.3, -0.25) is 4.79 Å². The van der Waals surface area contributed by atoms with Crippen molar-refractivity contribution in [3.63, 3.8) is 0 Å². The Bertz CT molecular complexity index is 398. The smallest absolute Gasteiger partial charge is 0.239 e. The van der Waals surface area contributed by atoms with Crippen LogP contribution in [-0.4, -0.2) is 23.9 Å². The van der Waals surface area contributed by atoms with Gasteiger partial charge in [0.1, 0.15) is 0 Å². The van der Waals surface area contributed by atoms with Crippen LogP contribution in [0.1, 0.15) is 19.4 Å². The summed E-state index contributed by atoms with van der Waals surface area (Å²) < 4.78 is 1.01. The second-order valence-corrected chi connectivity index (χ2v) is 5.41. The van der Waals surface area contributed by atoms with Crippen LogP contribution in [0, 0.1) is 5.92 Å². The summed E-state index contributed by atoms with van der Waals surface area (Å²) in [6, 6.07) is 7.45. The van der Waals surface area contributed by atoms with E-state index in [1.807, 2.05) is 38.1 Å². The molecule has 102 valence electrons. The van der Waals surface area contributed by atoms with E-state index in [1.165, 1.54) is 0 Å². The Kier molecular flexibility index (Phi) is 7.52. The molecule has 0 fully saturated rings. The Morgan fingerprint density at radius 3 is 2.44 bits per heavy atom. The molecule has 18 heavy (non-hydrogen) atoms. The van der Waals surface area contributed by atoms with Crippen molar-refractivity contribution in [1.29, 1.82) is 0 Å². The fourth-order valence-electron chi connectivity index (χ4n) is 1.50. The largest absolute Gasteiger partial charge is 0.340 e. The van der Waals surface area contributed by atoms with Gasteiger partial charge in [-0.2, -0.15) is 0 Å². The van der Waals surface area contributed by atoms with Crippen LogP contribution in [0.15, 0.2) is 28.7 Å². The van der Waals surface area contributed by atoms with E-state index in [1.54, 1.807) is 11.9 Å². The minimum absolute atomic E-state index is 0. The molecule has 0 heterocycles. The maximum Gasteiger partial charge on any atom is 0.239 e. The van der Waals surface area contributed by atoms with Crippen LogP contribution in [0.3, 0.4) is 0 Å². The van der Waals surface area contributed by atoms with Crippen molar-refractivity contribution in [2.24, 2.45) is 11.7 Å². The summed E-state index contributed by atoms with van der Waals surface area (Å²) in [7, 11) is 1.78. The predicted molar refractivity (Wildman–Crippen MR) is 80.7 cm³/mol. The molecule has 0 saturated carbocycles. The van der Waals surface area contributed by atoms with Gasteiger partial charge in [-0.05, 0) is 17.5 Å². The first-order valence-corrected chi connectivity index (χ1v) is 6.46. The van der Waals surface area contributed by atoms with Gasteiger partial charge in [0.15, 0.2) is 0 Å². The van der Waals surface area contributed by atoms with Crippen LogP contribution in [0.2, 0.25) is 0 Å².